The van der Waals surface area contributed by atoms with E-state index in [0.717, 1.165) is 28.0 Å². The van der Waals surface area contributed by atoms with Gasteiger partial charge in [0.15, 0.2) is 0 Å². The van der Waals surface area contributed by atoms with Gasteiger partial charge in [0, 0.05) is 34.5 Å². The average molecular weight is 436 g/mol. The lowest BCUT2D eigenvalue weighted by Crippen LogP contribution is -2.33. The molecule has 158 valence electrons. The summed E-state index contributed by atoms with van der Waals surface area (Å²) in [4.78, 5) is 29.6. The second-order valence-electron chi connectivity index (χ2n) is 7.34. The van der Waals surface area contributed by atoms with Crippen molar-refractivity contribution >= 4 is 28.3 Å². The first-order chi connectivity index (χ1) is 15.0. The summed E-state index contributed by atoms with van der Waals surface area (Å²) in [7, 11) is 0. The molecule has 1 amide bonds. The number of benzene rings is 1. The van der Waals surface area contributed by atoms with Gasteiger partial charge in [0.25, 0.3) is 5.56 Å². The minimum atomic E-state index is -0.301. The van der Waals surface area contributed by atoms with E-state index in [1.807, 2.05) is 56.3 Å². The largest absolute Gasteiger partial charge is 0.349 e. The summed E-state index contributed by atoms with van der Waals surface area (Å²) >= 11 is 6.32. The van der Waals surface area contributed by atoms with Crippen molar-refractivity contribution in [2.75, 3.05) is 0 Å². The fourth-order valence-corrected chi connectivity index (χ4v) is 3.87. The normalized spacial score (nSPS) is 11.1. The van der Waals surface area contributed by atoms with Gasteiger partial charge >= 0.3 is 0 Å². The van der Waals surface area contributed by atoms with Crippen LogP contribution in [0.5, 0.6) is 0 Å². The standard InChI is InChI=1S/C23H22ClN5O2/c1-15-19-12-27-29(14-21(30)26-11-18-8-5-6-10-25-18)23(31)22(19)16(2)28(15)13-17-7-3-4-9-20(17)24/h3-10,12H,11,13-14H2,1-2H3,(H,26,30). The Morgan fingerprint density at radius 1 is 1.10 bits per heavy atom. The van der Waals surface area contributed by atoms with Crippen LogP contribution in [0.1, 0.15) is 22.6 Å². The van der Waals surface area contributed by atoms with Crippen LogP contribution >= 0.6 is 11.6 Å². The highest BCUT2D eigenvalue weighted by molar-refractivity contribution is 6.31. The first-order valence-corrected chi connectivity index (χ1v) is 10.3. The van der Waals surface area contributed by atoms with Gasteiger partial charge in [-0.15, -0.1) is 0 Å². The molecule has 0 aliphatic heterocycles. The zero-order valence-corrected chi connectivity index (χ0v) is 18.1. The summed E-state index contributed by atoms with van der Waals surface area (Å²) in [6.07, 6.45) is 3.31. The monoisotopic (exact) mass is 435 g/mol. The van der Waals surface area contributed by atoms with Crippen molar-refractivity contribution in [2.45, 2.75) is 33.5 Å². The van der Waals surface area contributed by atoms with Gasteiger partial charge in [-0.3, -0.25) is 14.6 Å². The molecule has 0 unspecified atom stereocenters. The van der Waals surface area contributed by atoms with E-state index < -0.39 is 0 Å². The van der Waals surface area contributed by atoms with E-state index in [1.165, 1.54) is 4.68 Å². The fraction of sp³-hybridized carbons (Fsp3) is 0.217. The zero-order valence-electron chi connectivity index (χ0n) is 17.3. The van der Waals surface area contributed by atoms with Crippen molar-refractivity contribution < 1.29 is 4.79 Å². The van der Waals surface area contributed by atoms with Crippen LogP contribution in [-0.4, -0.2) is 25.2 Å². The molecule has 0 atom stereocenters. The molecule has 1 N–H and O–H groups in total. The molecule has 0 saturated heterocycles. The minimum absolute atomic E-state index is 0.157. The number of fused-ring (bicyclic) bond motifs is 1. The van der Waals surface area contributed by atoms with Gasteiger partial charge in [-0.25, -0.2) is 4.68 Å². The van der Waals surface area contributed by atoms with Gasteiger partial charge < -0.3 is 9.88 Å². The van der Waals surface area contributed by atoms with Crippen molar-refractivity contribution in [3.63, 3.8) is 0 Å². The van der Waals surface area contributed by atoms with Gasteiger partial charge in [-0.05, 0) is 37.6 Å². The molecule has 0 aliphatic carbocycles. The highest BCUT2D eigenvalue weighted by atomic mass is 35.5. The van der Waals surface area contributed by atoms with Crippen LogP contribution in [0.3, 0.4) is 0 Å². The Labute approximate surface area is 184 Å². The lowest BCUT2D eigenvalue weighted by atomic mass is 10.2. The SMILES string of the molecule is Cc1c2cnn(CC(=O)NCc3ccccn3)c(=O)c2c(C)n1Cc1ccccc1Cl. The number of pyridine rings is 1. The van der Waals surface area contributed by atoms with Gasteiger partial charge in [0.2, 0.25) is 5.91 Å². The smallest absolute Gasteiger partial charge is 0.276 e. The molecule has 3 aromatic heterocycles. The second kappa shape index (κ2) is 8.73. The van der Waals surface area contributed by atoms with Crippen LogP contribution in [-0.2, 0) is 24.4 Å². The van der Waals surface area contributed by atoms with Crippen LogP contribution in [0.15, 0.2) is 59.7 Å². The summed E-state index contributed by atoms with van der Waals surface area (Å²) in [5, 5.41) is 9.03. The van der Waals surface area contributed by atoms with Crippen molar-refractivity contribution in [2.24, 2.45) is 0 Å². The predicted molar refractivity (Wildman–Crippen MR) is 120 cm³/mol. The highest BCUT2D eigenvalue weighted by Crippen LogP contribution is 2.25. The quantitative estimate of drug-likeness (QED) is 0.504. The van der Waals surface area contributed by atoms with Crippen molar-refractivity contribution in [1.82, 2.24) is 24.6 Å². The Morgan fingerprint density at radius 3 is 2.61 bits per heavy atom. The van der Waals surface area contributed by atoms with E-state index in [4.69, 9.17) is 11.6 Å². The zero-order chi connectivity index (χ0) is 22.0. The Hall–Kier alpha value is -3.45. The maximum absolute atomic E-state index is 13.1. The number of hydrogen-bond donors (Lipinski definition) is 1. The Bertz CT molecular complexity index is 1310. The van der Waals surface area contributed by atoms with E-state index in [9.17, 15) is 9.59 Å². The third kappa shape index (κ3) is 4.22. The molecule has 0 spiro atoms. The Morgan fingerprint density at radius 2 is 1.87 bits per heavy atom. The van der Waals surface area contributed by atoms with E-state index in [-0.39, 0.29) is 18.0 Å². The summed E-state index contributed by atoms with van der Waals surface area (Å²) in [6.45, 7) is 4.55. The number of halogens is 1. The molecule has 4 rings (SSSR count). The fourth-order valence-electron chi connectivity index (χ4n) is 3.68. The number of carbonyl (C=O) groups excluding carboxylic acids is 1. The Kier molecular flexibility index (Phi) is 5.86. The second-order valence-corrected chi connectivity index (χ2v) is 7.75. The molecule has 0 bridgehead atoms. The molecule has 0 radical (unpaired) electrons. The minimum Gasteiger partial charge on any atom is -0.349 e. The number of hydrogen-bond acceptors (Lipinski definition) is 4. The summed E-state index contributed by atoms with van der Waals surface area (Å²) in [6, 6.07) is 13.1. The van der Waals surface area contributed by atoms with Crippen LogP contribution in [0.4, 0.5) is 0 Å². The molecule has 3 heterocycles. The van der Waals surface area contributed by atoms with Crippen LogP contribution in [0, 0.1) is 13.8 Å². The molecule has 0 aliphatic rings. The number of nitrogens with one attached hydrogen (secondary N) is 1. The van der Waals surface area contributed by atoms with Crippen LogP contribution < -0.4 is 10.9 Å². The van der Waals surface area contributed by atoms with E-state index in [1.54, 1.807) is 12.4 Å². The van der Waals surface area contributed by atoms with E-state index in [0.29, 0.717) is 23.5 Å². The molecule has 8 heteroatoms. The van der Waals surface area contributed by atoms with Gasteiger partial charge in [0.1, 0.15) is 6.54 Å². The molecular formula is C23H22ClN5O2. The summed E-state index contributed by atoms with van der Waals surface area (Å²) < 4.78 is 3.25. The molecule has 4 aromatic rings. The first-order valence-electron chi connectivity index (χ1n) is 9.91. The van der Waals surface area contributed by atoms with E-state index >= 15 is 0 Å². The van der Waals surface area contributed by atoms with Crippen molar-refractivity contribution in [1.29, 1.82) is 0 Å². The molecule has 7 nitrogen and oxygen atoms in total. The third-order valence-electron chi connectivity index (χ3n) is 5.38. The maximum Gasteiger partial charge on any atom is 0.276 e. The number of rotatable bonds is 6. The number of carbonyl (C=O) groups is 1. The van der Waals surface area contributed by atoms with Crippen LogP contribution in [0.25, 0.3) is 10.8 Å². The molecular weight excluding hydrogens is 414 g/mol. The van der Waals surface area contributed by atoms with Gasteiger partial charge in [-0.1, -0.05) is 35.9 Å². The third-order valence-corrected chi connectivity index (χ3v) is 5.75. The number of aryl methyl sites for hydroxylation is 2. The van der Waals surface area contributed by atoms with Crippen molar-refractivity contribution in [3.05, 3.63) is 92.9 Å². The van der Waals surface area contributed by atoms with E-state index in [2.05, 4.69) is 20.0 Å². The lowest BCUT2D eigenvalue weighted by molar-refractivity contribution is -0.122. The van der Waals surface area contributed by atoms with Crippen LogP contribution in [0.2, 0.25) is 5.02 Å². The maximum atomic E-state index is 13.1. The average Bonchev–Trinajstić information content (AvgIpc) is 3.01. The number of nitrogens with zero attached hydrogens (tertiary/aromatic N) is 4. The lowest BCUT2D eigenvalue weighted by Gasteiger charge is -2.10. The number of aromatic nitrogens is 4. The summed E-state index contributed by atoms with van der Waals surface area (Å²) in [5.74, 6) is -0.301. The summed E-state index contributed by atoms with van der Waals surface area (Å²) in [5.41, 5.74) is 3.18. The molecule has 1 aromatic carbocycles. The molecule has 0 fully saturated rings. The molecule has 0 saturated carbocycles. The van der Waals surface area contributed by atoms with Gasteiger partial charge in [0.05, 0.1) is 23.8 Å². The van der Waals surface area contributed by atoms with Gasteiger partial charge in [-0.2, -0.15) is 5.10 Å². The Balaban J connectivity index is 1.60. The number of amides is 1. The highest BCUT2D eigenvalue weighted by Gasteiger charge is 2.18. The molecule has 31 heavy (non-hydrogen) atoms. The predicted octanol–water partition coefficient (Wildman–Crippen LogP) is 3.23. The topological polar surface area (TPSA) is 81.8 Å². The van der Waals surface area contributed by atoms with Crippen molar-refractivity contribution in [3.8, 4) is 0 Å². The first kappa shape index (κ1) is 20.8.